The Kier molecular flexibility index (Phi) is 23.3. The number of hydrogen-bond donors (Lipinski definition) is 0. The summed E-state index contributed by atoms with van der Waals surface area (Å²) in [6, 6.07) is 89.5. The second-order valence-corrected chi connectivity index (χ2v) is 26.2. The third kappa shape index (κ3) is 19.5. The van der Waals surface area contributed by atoms with Gasteiger partial charge in [0.05, 0.1) is 31.8 Å². The molecule has 0 bridgehead atoms. The van der Waals surface area contributed by atoms with E-state index in [-0.39, 0.29) is 33.4 Å². The minimum Gasteiger partial charge on any atom is -0.741 e. The average molecular weight is 1270 g/mol. The Morgan fingerprint density at radius 2 is 0.614 bits per heavy atom. The van der Waals surface area contributed by atoms with Crippen LogP contribution in [0.2, 0.25) is 10.0 Å². The monoisotopic (exact) mass is 1270 g/mol. The molecule has 0 heterocycles. The number of benzene rings is 10. The van der Waals surface area contributed by atoms with Gasteiger partial charge in [-0.05, 0) is 133 Å². The summed E-state index contributed by atoms with van der Waals surface area (Å²) in [5.41, 5.74) is -3.14. The highest BCUT2D eigenvalue weighted by Crippen LogP contribution is 2.39. The van der Waals surface area contributed by atoms with E-state index in [9.17, 15) is 22.8 Å². The minimum absolute atomic E-state index is 0.0257. The first-order valence-electron chi connectivity index (χ1n) is 24.3. The summed E-state index contributed by atoms with van der Waals surface area (Å²) < 4.78 is 92.9. The van der Waals surface area contributed by atoms with Crippen LogP contribution in [0.3, 0.4) is 0 Å². The fourth-order valence-electron chi connectivity index (χ4n) is 7.55. The highest BCUT2D eigenvalue weighted by atomic mass is 35.7. The third-order valence-electron chi connectivity index (χ3n) is 11.2. The molecular formula is C63H44Cl3F3O9S5. The van der Waals surface area contributed by atoms with Gasteiger partial charge in [-0.2, -0.15) is 13.2 Å². The van der Waals surface area contributed by atoms with E-state index in [0.717, 1.165) is 19.6 Å². The molecule has 422 valence electrons. The van der Waals surface area contributed by atoms with Crippen molar-refractivity contribution in [1.29, 1.82) is 0 Å². The summed E-state index contributed by atoms with van der Waals surface area (Å²) in [7, 11) is -11.4. The van der Waals surface area contributed by atoms with Gasteiger partial charge in [-0.3, -0.25) is 9.59 Å². The maximum Gasteiger partial charge on any atom is 0.485 e. The van der Waals surface area contributed by atoms with E-state index in [2.05, 4.69) is 170 Å². The van der Waals surface area contributed by atoms with Crippen LogP contribution >= 0.6 is 46.7 Å². The molecule has 0 N–H and O–H groups in total. The lowest BCUT2D eigenvalue weighted by molar-refractivity contribution is -2.00. The van der Waals surface area contributed by atoms with Crippen LogP contribution < -0.4 is 18.6 Å². The van der Waals surface area contributed by atoms with Crippen LogP contribution in [0.1, 0.15) is 31.8 Å². The van der Waals surface area contributed by atoms with Gasteiger partial charge in [-0.1, -0.05) is 180 Å². The standard InChI is InChI=1S/2C31H22ClOS2.CHF3O3S.ClHO4/c2*32-29-22-24(31(33)23-10-4-1-5-11-23)16-21-30(29)34-25-17-19-28(20-18-25)35(26-12-6-2-7-13-26)27-14-8-3-9-15-27;2-1(3,4)8(5,6)7;2-1(3,4)5/h2*1-22H;(H,5,6,7);(H,2,3,4,5)/q2*+1;;/p-2. The highest BCUT2D eigenvalue weighted by molar-refractivity contribution is 8.00. The molecule has 0 atom stereocenters. The summed E-state index contributed by atoms with van der Waals surface area (Å²) in [6.07, 6.45) is 0. The van der Waals surface area contributed by atoms with Crippen LogP contribution in [0.5, 0.6) is 0 Å². The third-order valence-corrected chi connectivity index (χ3v) is 19.3. The molecule has 10 rings (SSSR count). The number of carbonyl (C=O) groups excluding carboxylic acids is 2. The number of carbonyl (C=O) groups is 2. The van der Waals surface area contributed by atoms with Crippen molar-refractivity contribution < 1.29 is 64.6 Å². The Morgan fingerprint density at radius 1 is 0.386 bits per heavy atom. The van der Waals surface area contributed by atoms with Crippen LogP contribution in [-0.2, 0) is 31.9 Å². The summed E-state index contributed by atoms with van der Waals surface area (Å²) in [5, 5.41) is 1.16. The molecule has 0 aliphatic carbocycles. The van der Waals surface area contributed by atoms with Crippen LogP contribution in [0.15, 0.2) is 316 Å². The SMILES string of the molecule is O=C(c1ccccc1)c1ccc(Sc2ccc([S+](c3ccccc3)c3ccccc3)cc2)c(Cl)c1.O=C(c1ccccc1)c1ccc(Sc2ccc([S+](c3ccccc3)c3ccccc3)cc2)c(Cl)c1.O=S(=O)([O-])C(F)(F)F.[O-][Cl+3]([O-])([O-])[O-]. The normalized spacial score (nSPS) is 11.3. The first kappa shape index (κ1) is 63.9. The maximum absolute atomic E-state index is 12.7. The quantitative estimate of drug-likeness (QED) is 0.0437. The Morgan fingerprint density at radius 3 is 0.843 bits per heavy atom. The Balaban J connectivity index is 0.000000197. The van der Waals surface area contributed by atoms with Crippen molar-refractivity contribution in [3.63, 3.8) is 0 Å². The number of ketones is 2. The Hall–Kier alpha value is -6.65. The maximum atomic E-state index is 12.7. The van der Waals surface area contributed by atoms with E-state index in [4.69, 9.17) is 54.8 Å². The van der Waals surface area contributed by atoms with E-state index in [0.29, 0.717) is 32.3 Å². The van der Waals surface area contributed by atoms with Gasteiger partial charge in [-0.15, -0.1) is 10.2 Å². The van der Waals surface area contributed by atoms with Crippen molar-refractivity contribution in [3.8, 4) is 0 Å². The summed E-state index contributed by atoms with van der Waals surface area (Å²) >= 11 is 16.4. The van der Waals surface area contributed by atoms with Gasteiger partial charge in [0.1, 0.15) is 0 Å². The zero-order valence-electron chi connectivity index (χ0n) is 42.9. The molecule has 0 aliphatic heterocycles. The fraction of sp³-hybridized carbons (Fsp3) is 0.0159. The topological polar surface area (TPSA) is 184 Å². The molecule has 9 nitrogen and oxygen atoms in total. The van der Waals surface area contributed by atoms with Crippen molar-refractivity contribution in [3.05, 3.63) is 299 Å². The van der Waals surface area contributed by atoms with Crippen LogP contribution in [0, 0.1) is 10.2 Å². The van der Waals surface area contributed by atoms with E-state index >= 15 is 0 Å². The highest BCUT2D eigenvalue weighted by Gasteiger charge is 2.37. The largest absolute Gasteiger partial charge is 0.741 e. The molecular weight excluding hydrogens is 1220 g/mol. The lowest BCUT2D eigenvalue weighted by Gasteiger charge is -2.17. The van der Waals surface area contributed by atoms with Gasteiger partial charge in [0.15, 0.2) is 51.1 Å². The molecule has 0 amide bonds. The number of halogens is 6. The minimum atomic E-state index is -6.09. The van der Waals surface area contributed by atoms with Crippen LogP contribution in [0.4, 0.5) is 13.2 Å². The molecule has 10 aromatic carbocycles. The Bertz CT molecular complexity index is 3500. The molecule has 0 aromatic heterocycles. The summed E-state index contributed by atoms with van der Waals surface area (Å²) in [4.78, 5) is 37.2. The Labute approximate surface area is 504 Å². The second kappa shape index (κ2) is 30.2. The van der Waals surface area contributed by atoms with Gasteiger partial charge in [-0.25, -0.2) is 27.1 Å². The number of alkyl halides is 3. The molecule has 0 aliphatic rings. The summed E-state index contributed by atoms with van der Waals surface area (Å²) in [5.74, 6) is -0.0514. The van der Waals surface area contributed by atoms with Crippen LogP contribution in [0.25, 0.3) is 0 Å². The lowest BCUT2D eigenvalue weighted by Crippen LogP contribution is -2.68. The van der Waals surface area contributed by atoms with Crippen molar-refractivity contribution in [2.75, 3.05) is 0 Å². The molecule has 0 unspecified atom stereocenters. The molecule has 20 heteroatoms. The number of hydrogen-bond acceptors (Lipinski definition) is 11. The molecule has 10 aromatic rings. The first-order valence-corrected chi connectivity index (χ1v) is 31.8. The van der Waals surface area contributed by atoms with Gasteiger partial charge in [0.25, 0.3) is 0 Å². The van der Waals surface area contributed by atoms with Crippen molar-refractivity contribution in [1.82, 2.24) is 0 Å². The zero-order valence-corrected chi connectivity index (χ0v) is 49.2. The number of rotatable bonds is 14. The van der Waals surface area contributed by atoms with E-state index in [1.54, 1.807) is 35.7 Å². The van der Waals surface area contributed by atoms with Gasteiger partial charge < -0.3 is 4.55 Å². The van der Waals surface area contributed by atoms with Gasteiger partial charge in [0.2, 0.25) is 0 Å². The van der Waals surface area contributed by atoms with Gasteiger partial charge in [0, 0.05) is 41.8 Å². The van der Waals surface area contributed by atoms with Crippen molar-refractivity contribution >= 4 is 90.2 Å². The first-order chi connectivity index (χ1) is 39.6. The van der Waals surface area contributed by atoms with Gasteiger partial charge >= 0.3 is 5.51 Å². The molecule has 0 saturated carbocycles. The molecule has 0 fully saturated rings. The van der Waals surface area contributed by atoms with E-state index in [1.165, 1.54) is 29.4 Å². The van der Waals surface area contributed by atoms with Crippen LogP contribution in [-0.4, -0.2) is 30.0 Å². The summed E-state index contributed by atoms with van der Waals surface area (Å²) in [6.45, 7) is 0. The van der Waals surface area contributed by atoms with Crippen molar-refractivity contribution in [2.45, 2.75) is 54.5 Å². The predicted molar refractivity (Wildman–Crippen MR) is 310 cm³/mol. The molecule has 0 radical (unpaired) electrons. The fourth-order valence-corrected chi connectivity index (χ4v) is 13.9. The van der Waals surface area contributed by atoms with E-state index < -0.39 is 25.9 Å². The molecule has 83 heavy (non-hydrogen) atoms. The predicted octanol–water partition coefficient (Wildman–Crippen LogP) is 12.9. The van der Waals surface area contributed by atoms with Crippen molar-refractivity contribution in [2.24, 2.45) is 0 Å². The zero-order chi connectivity index (χ0) is 59.6. The van der Waals surface area contributed by atoms with E-state index in [1.807, 2.05) is 84.9 Å². The average Bonchev–Trinajstić information content (AvgIpc) is 3.69. The smallest absolute Gasteiger partial charge is 0.485 e. The second-order valence-electron chi connectivity index (χ2n) is 17.0. The molecule has 0 saturated heterocycles. The molecule has 0 spiro atoms. The lowest BCUT2D eigenvalue weighted by atomic mass is 10.0.